The van der Waals surface area contributed by atoms with Crippen LogP contribution in [0.4, 0.5) is 0 Å². The van der Waals surface area contributed by atoms with Crippen LogP contribution in [-0.2, 0) is 14.2 Å². The summed E-state index contributed by atoms with van der Waals surface area (Å²) in [5.41, 5.74) is 0. The van der Waals surface area contributed by atoms with Crippen LogP contribution in [0, 0.1) is 0 Å². The van der Waals surface area contributed by atoms with E-state index in [4.69, 9.17) is 14.2 Å². The second-order valence-electron chi connectivity index (χ2n) is 6.13. The first-order chi connectivity index (χ1) is 10.3. The first-order valence-corrected chi connectivity index (χ1v) is 8.44. The minimum atomic E-state index is -0.310. The third kappa shape index (κ3) is 6.20. The first kappa shape index (κ1) is 17.2. The molecule has 5 nitrogen and oxygen atoms in total. The molecule has 2 aliphatic carbocycles. The Balaban J connectivity index is 1.43. The molecule has 0 aromatic rings. The van der Waals surface area contributed by atoms with Gasteiger partial charge in [-0.1, -0.05) is 25.7 Å². The lowest BCUT2D eigenvalue weighted by Crippen LogP contribution is -2.34. The van der Waals surface area contributed by atoms with Gasteiger partial charge in [-0.3, -0.25) is 0 Å². The molecule has 0 amide bonds. The molecule has 2 rings (SSSR count). The highest BCUT2D eigenvalue weighted by Crippen LogP contribution is 2.21. The van der Waals surface area contributed by atoms with E-state index in [0.717, 1.165) is 51.4 Å². The number of ether oxygens (including phenoxy) is 3. The fourth-order valence-corrected chi connectivity index (χ4v) is 3.16. The number of hydrogen-bond donors (Lipinski definition) is 2. The van der Waals surface area contributed by atoms with Gasteiger partial charge in [0.1, 0.15) is 0 Å². The fourth-order valence-electron chi connectivity index (χ4n) is 3.16. The van der Waals surface area contributed by atoms with Crippen molar-refractivity contribution in [1.82, 2.24) is 0 Å². The van der Waals surface area contributed by atoms with E-state index in [0.29, 0.717) is 26.4 Å². The zero-order chi connectivity index (χ0) is 14.9. The van der Waals surface area contributed by atoms with Gasteiger partial charge in [0.05, 0.1) is 50.8 Å². The Morgan fingerprint density at radius 1 is 0.619 bits per heavy atom. The molecule has 2 fully saturated rings. The maximum Gasteiger partial charge on any atom is 0.0835 e. The Morgan fingerprint density at radius 3 is 1.48 bits per heavy atom. The van der Waals surface area contributed by atoms with Crippen molar-refractivity contribution >= 4 is 0 Å². The van der Waals surface area contributed by atoms with Crippen molar-refractivity contribution in [3.63, 3.8) is 0 Å². The third-order valence-corrected chi connectivity index (χ3v) is 4.45. The average Bonchev–Trinajstić information content (AvgIpc) is 2.50. The molecule has 0 radical (unpaired) electrons. The molecule has 5 heteroatoms. The molecule has 21 heavy (non-hydrogen) atoms. The maximum absolute atomic E-state index is 9.77. The third-order valence-electron chi connectivity index (χ3n) is 4.45. The van der Waals surface area contributed by atoms with Gasteiger partial charge in [0, 0.05) is 0 Å². The number of aliphatic hydroxyl groups excluding tert-OH is 2. The monoisotopic (exact) mass is 302 g/mol. The highest BCUT2D eigenvalue weighted by Gasteiger charge is 2.24. The molecule has 0 unspecified atom stereocenters. The largest absolute Gasteiger partial charge is 0.390 e. The Hall–Kier alpha value is -0.200. The van der Waals surface area contributed by atoms with E-state index < -0.39 is 0 Å². The van der Waals surface area contributed by atoms with E-state index in [9.17, 15) is 10.2 Å². The number of aliphatic hydroxyl groups is 2. The zero-order valence-electron chi connectivity index (χ0n) is 12.9. The lowest BCUT2D eigenvalue weighted by Gasteiger charge is -2.28. The molecule has 4 atom stereocenters. The van der Waals surface area contributed by atoms with E-state index >= 15 is 0 Å². The van der Waals surface area contributed by atoms with E-state index in [1.165, 1.54) is 0 Å². The molecule has 0 aliphatic heterocycles. The van der Waals surface area contributed by atoms with Crippen molar-refractivity contribution in [1.29, 1.82) is 0 Å². The summed E-state index contributed by atoms with van der Waals surface area (Å²) in [6.45, 7) is 2.10. The molecule has 0 aromatic carbocycles. The molecule has 0 spiro atoms. The summed E-state index contributed by atoms with van der Waals surface area (Å²) < 4.78 is 16.8. The van der Waals surface area contributed by atoms with Crippen molar-refractivity contribution in [3.8, 4) is 0 Å². The van der Waals surface area contributed by atoms with Crippen LogP contribution < -0.4 is 0 Å². The van der Waals surface area contributed by atoms with Gasteiger partial charge in [0.15, 0.2) is 0 Å². The first-order valence-electron chi connectivity index (χ1n) is 8.44. The van der Waals surface area contributed by atoms with E-state index in [-0.39, 0.29) is 24.4 Å². The molecular formula is C16H30O5. The van der Waals surface area contributed by atoms with Gasteiger partial charge >= 0.3 is 0 Å². The molecule has 0 heterocycles. The van der Waals surface area contributed by atoms with Crippen LogP contribution in [-0.4, -0.2) is 61.1 Å². The van der Waals surface area contributed by atoms with E-state index in [2.05, 4.69) is 0 Å². The normalized spacial score (nSPS) is 34.0. The average molecular weight is 302 g/mol. The Bertz CT molecular complexity index is 247. The topological polar surface area (TPSA) is 68.2 Å². The molecule has 2 N–H and O–H groups in total. The number of rotatable bonds is 8. The molecule has 124 valence electrons. The zero-order valence-corrected chi connectivity index (χ0v) is 12.9. The summed E-state index contributed by atoms with van der Waals surface area (Å²) in [5.74, 6) is 0. The van der Waals surface area contributed by atoms with Crippen molar-refractivity contribution in [2.75, 3.05) is 26.4 Å². The highest BCUT2D eigenvalue weighted by atomic mass is 16.6. The van der Waals surface area contributed by atoms with Crippen molar-refractivity contribution in [2.24, 2.45) is 0 Å². The lowest BCUT2D eigenvalue weighted by atomic mass is 9.95. The van der Waals surface area contributed by atoms with Gasteiger partial charge in [-0.05, 0) is 25.7 Å². The SMILES string of the molecule is O[C@H]1CCCC[C@@H]1OCCOCCO[C@H]1CCCC[C@@H]1O. The highest BCUT2D eigenvalue weighted by molar-refractivity contribution is 4.75. The minimum Gasteiger partial charge on any atom is -0.390 e. The second kappa shape index (κ2) is 9.74. The second-order valence-corrected chi connectivity index (χ2v) is 6.13. The Morgan fingerprint density at radius 2 is 1.05 bits per heavy atom. The van der Waals surface area contributed by atoms with Gasteiger partial charge in [0.25, 0.3) is 0 Å². The van der Waals surface area contributed by atoms with Gasteiger partial charge in [-0.25, -0.2) is 0 Å². The summed E-state index contributed by atoms with van der Waals surface area (Å²) >= 11 is 0. The van der Waals surface area contributed by atoms with Crippen molar-refractivity contribution in [2.45, 2.75) is 75.8 Å². The van der Waals surface area contributed by atoms with Crippen molar-refractivity contribution < 1.29 is 24.4 Å². The molecule has 2 aliphatic rings. The summed E-state index contributed by atoms with van der Waals surface area (Å²) in [5, 5.41) is 19.5. The standard InChI is InChI=1S/C16H30O5/c17-13-5-1-3-7-15(13)20-11-9-19-10-12-21-16-8-4-2-6-14(16)18/h13-18H,1-12H2/t13-,14-,15-,16-/m0/s1. The molecule has 0 saturated heterocycles. The molecule has 2 saturated carbocycles. The number of hydrogen-bond acceptors (Lipinski definition) is 5. The van der Waals surface area contributed by atoms with E-state index in [1.54, 1.807) is 0 Å². The predicted molar refractivity (Wildman–Crippen MR) is 79.2 cm³/mol. The molecular weight excluding hydrogens is 272 g/mol. The van der Waals surface area contributed by atoms with Gasteiger partial charge in [-0.15, -0.1) is 0 Å². The van der Waals surface area contributed by atoms with Crippen molar-refractivity contribution in [3.05, 3.63) is 0 Å². The fraction of sp³-hybridized carbons (Fsp3) is 1.00. The summed E-state index contributed by atoms with van der Waals surface area (Å²) in [6.07, 6.45) is 7.42. The van der Waals surface area contributed by atoms with Crippen LogP contribution in [0.5, 0.6) is 0 Å². The molecule has 0 aromatic heterocycles. The van der Waals surface area contributed by atoms with Crippen LogP contribution in [0.15, 0.2) is 0 Å². The van der Waals surface area contributed by atoms with Crippen LogP contribution in [0.25, 0.3) is 0 Å². The summed E-state index contributed by atoms with van der Waals surface area (Å²) in [6, 6.07) is 0. The van der Waals surface area contributed by atoms with Crippen LogP contribution in [0.2, 0.25) is 0 Å². The Labute approximate surface area is 127 Å². The van der Waals surface area contributed by atoms with Crippen LogP contribution >= 0.6 is 0 Å². The summed E-state index contributed by atoms with van der Waals surface area (Å²) in [4.78, 5) is 0. The predicted octanol–water partition coefficient (Wildman–Crippen LogP) is 1.64. The lowest BCUT2D eigenvalue weighted by molar-refractivity contribution is -0.0903. The van der Waals surface area contributed by atoms with Gasteiger partial charge in [0.2, 0.25) is 0 Å². The van der Waals surface area contributed by atoms with Gasteiger partial charge < -0.3 is 24.4 Å². The molecule has 0 bridgehead atoms. The van der Waals surface area contributed by atoms with E-state index in [1.807, 2.05) is 0 Å². The Kier molecular flexibility index (Phi) is 7.96. The maximum atomic E-state index is 9.77. The van der Waals surface area contributed by atoms with Gasteiger partial charge in [-0.2, -0.15) is 0 Å². The van der Waals surface area contributed by atoms with Crippen LogP contribution in [0.3, 0.4) is 0 Å². The smallest absolute Gasteiger partial charge is 0.0835 e. The quantitative estimate of drug-likeness (QED) is 0.667. The van der Waals surface area contributed by atoms with Crippen LogP contribution in [0.1, 0.15) is 51.4 Å². The minimum absolute atomic E-state index is 0.0176. The summed E-state index contributed by atoms with van der Waals surface area (Å²) in [7, 11) is 0.